The predicted octanol–water partition coefficient (Wildman–Crippen LogP) is 1.48. The fraction of sp³-hybridized carbons (Fsp3) is 0.571. The van der Waals surface area contributed by atoms with E-state index in [1.165, 1.54) is 23.1 Å². The summed E-state index contributed by atoms with van der Waals surface area (Å²) >= 11 is 1.64. The molecule has 0 bridgehead atoms. The molecule has 9 heteroatoms. The second kappa shape index (κ2) is 7.32. The minimum absolute atomic E-state index is 0.160. The molecule has 7 nitrogen and oxygen atoms in total. The second-order valence-electron chi connectivity index (χ2n) is 8.41. The van der Waals surface area contributed by atoms with Crippen molar-refractivity contribution in [3.63, 3.8) is 0 Å². The van der Waals surface area contributed by atoms with Crippen LogP contribution in [0.3, 0.4) is 0 Å². The minimum atomic E-state index is -1.43. The van der Waals surface area contributed by atoms with Crippen molar-refractivity contribution in [1.82, 2.24) is 10.2 Å². The summed E-state index contributed by atoms with van der Waals surface area (Å²) in [5.41, 5.74) is -0.534. The zero-order valence-electron chi connectivity index (χ0n) is 16.7. The molecule has 1 aromatic carbocycles. The zero-order chi connectivity index (χ0) is 21.0. The lowest BCUT2D eigenvalue weighted by molar-refractivity contribution is -0.144. The Morgan fingerprint density at radius 1 is 1.30 bits per heavy atom. The van der Waals surface area contributed by atoms with Gasteiger partial charge in [0, 0.05) is 23.9 Å². The van der Waals surface area contributed by atoms with Crippen LogP contribution >= 0.6 is 11.8 Å². The maximum absolute atomic E-state index is 14.1. The van der Waals surface area contributed by atoms with Crippen molar-refractivity contribution < 1.29 is 23.5 Å². The molecule has 3 fully saturated rings. The normalized spacial score (nSPS) is 34.7. The molecule has 30 heavy (non-hydrogen) atoms. The molecular formula is C21H24FN3O4S. The molecule has 0 saturated carbocycles. The van der Waals surface area contributed by atoms with Gasteiger partial charge in [-0.2, -0.15) is 11.8 Å². The van der Waals surface area contributed by atoms with Crippen LogP contribution in [0.4, 0.5) is 10.1 Å². The molecule has 0 aromatic heterocycles. The van der Waals surface area contributed by atoms with Crippen LogP contribution in [0.2, 0.25) is 0 Å². The average molecular weight is 434 g/mol. The standard InChI is InChI=1S/C21H24FN3O4S/c1-30-8-6-15-16-17(19(27)25(18(16)26)10-12-3-2-7-29-12)21(24-15)13-9-11(22)4-5-14(13)23-20(21)28/h4-5,9,12,15-17,24H,2-3,6-8,10H2,1H3,(H,23,28)/t12-,15+,16+,17-,21-/m1/s1. The first-order chi connectivity index (χ1) is 14.5. The number of nitrogens with one attached hydrogen (secondary N) is 2. The number of ether oxygens (including phenoxy) is 1. The SMILES string of the molecule is CSCC[C@@H]1N[C@@]2(C(=O)Nc3ccc(F)cc32)[C@H]2C(=O)N(C[C@H]3CCCO3)C(=O)[C@@H]12. The quantitative estimate of drug-likeness (QED) is 0.684. The molecule has 3 saturated heterocycles. The van der Waals surface area contributed by atoms with Crippen molar-refractivity contribution in [2.24, 2.45) is 11.8 Å². The lowest BCUT2D eigenvalue weighted by Gasteiger charge is -2.30. The molecule has 0 radical (unpaired) electrons. The van der Waals surface area contributed by atoms with Gasteiger partial charge < -0.3 is 10.1 Å². The Balaban J connectivity index is 1.57. The summed E-state index contributed by atoms with van der Waals surface area (Å²) in [6.07, 6.45) is 4.16. The Morgan fingerprint density at radius 2 is 2.13 bits per heavy atom. The molecule has 4 aliphatic heterocycles. The molecule has 4 aliphatic rings. The second-order valence-corrected chi connectivity index (χ2v) is 9.40. The summed E-state index contributed by atoms with van der Waals surface area (Å²) in [5.74, 6) is -2.26. The number of hydrogen-bond acceptors (Lipinski definition) is 6. The maximum atomic E-state index is 14.1. The molecule has 0 unspecified atom stereocenters. The van der Waals surface area contributed by atoms with E-state index in [4.69, 9.17) is 4.74 Å². The molecule has 0 aliphatic carbocycles. The van der Waals surface area contributed by atoms with Gasteiger partial charge in [0.1, 0.15) is 11.4 Å². The van der Waals surface area contributed by atoms with Gasteiger partial charge in [0.15, 0.2) is 0 Å². The Hall–Kier alpha value is -1.97. The number of nitrogens with zero attached hydrogens (tertiary/aromatic N) is 1. The van der Waals surface area contributed by atoms with E-state index in [1.54, 1.807) is 11.8 Å². The first-order valence-electron chi connectivity index (χ1n) is 10.3. The number of halogens is 1. The highest BCUT2D eigenvalue weighted by atomic mass is 32.2. The summed E-state index contributed by atoms with van der Waals surface area (Å²) < 4.78 is 19.8. The number of imide groups is 1. The molecule has 1 spiro atoms. The van der Waals surface area contributed by atoms with Crippen LogP contribution in [0, 0.1) is 17.7 Å². The summed E-state index contributed by atoms with van der Waals surface area (Å²) in [7, 11) is 0. The molecule has 4 heterocycles. The van der Waals surface area contributed by atoms with E-state index >= 15 is 0 Å². The number of thioether (sulfide) groups is 1. The summed E-state index contributed by atoms with van der Waals surface area (Å²) in [6.45, 7) is 0.846. The van der Waals surface area contributed by atoms with Crippen LogP contribution in [0.25, 0.3) is 0 Å². The van der Waals surface area contributed by atoms with Gasteiger partial charge in [0.2, 0.25) is 17.7 Å². The number of likely N-dealkylation sites (tertiary alicyclic amines) is 1. The predicted molar refractivity (Wildman–Crippen MR) is 109 cm³/mol. The van der Waals surface area contributed by atoms with E-state index in [-0.39, 0.29) is 30.5 Å². The number of amides is 3. The van der Waals surface area contributed by atoms with Gasteiger partial charge in [-0.15, -0.1) is 0 Å². The third kappa shape index (κ3) is 2.75. The highest BCUT2D eigenvalue weighted by Crippen LogP contribution is 2.53. The third-order valence-corrected chi connectivity index (χ3v) is 7.46. The lowest BCUT2D eigenvalue weighted by Crippen LogP contribution is -2.53. The molecule has 1 aromatic rings. The Kier molecular flexibility index (Phi) is 4.87. The molecule has 5 rings (SSSR count). The monoisotopic (exact) mass is 433 g/mol. The molecule has 2 N–H and O–H groups in total. The van der Waals surface area contributed by atoms with Gasteiger partial charge in [0.25, 0.3) is 0 Å². The maximum Gasteiger partial charge on any atom is 0.250 e. The van der Waals surface area contributed by atoms with Crippen molar-refractivity contribution in [1.29, 1.82) is 0 Å². The number of benzene rings is 1. The topological polar surface area (TPSA) is 87.7 Å². The molecule has 5 atom stereocenters. The number of fused-ring (bicyclic) bond motifs is 4. The van der Waals surface area contributed by atoms with Crippen LogP contribution in [-0.2, 0) is 24.7 Å². The number of rotatable bonds is 5. The van der Waals surface area contributed by atoms with Crippen molar-refractivity contribution >= 4 is 35.2 Å². The number of carbonyl (C=O) groups excluding carboxylic acids is 3. The van der Waals surface area contributed by atoms with E-state index < -0.39 is 29.1 Å². The Morgan fingerprint density at radius 3 is 2.87 bits per heavy atom. The van der Waals surface area contributed by atoms with Crippen molar-refractivity contribution in [3.05, 3.63) is 29.6 Å². The highest BCUT2D eigenvalue weighted by molar-refractivity contribution is 7.98. The van der Waals surface area contributed by atoms with E-state index in [0.29, 0.717) is 24.3 Å². The van der Waals surface area contributed by atoms with Gasteiger partial charge in [-0.3, -0.25) is 24.6 Å². The first-order valence-corrected chi connectivity index (χ1v) is 11.7. The first kappa shape index (κ1) is 20.0. The smallest absolute Gasteiger partial charge is 0.250 e. The van der Waals surface area contributed by atoms with Crippen LogP contribution < -0.4 is 10.6 Å². The fourth-order valence-electron chi connectivity index (χ4n) is 5.50. The average Bonchev–Trinajstić information content (AvgIpc) is 3.46. The van der Waals surface area contributed by atoms with Gasteiger partial charge in [-0.05, 0) is 49.5 Å². The number of anilines is 1. The van der Waals surface area contributed by atoms with Crippen LogP contribution in [0.5, 0.6) is 0 Å². The van der Waals surface area contributed by atoms with E-state index in [2.05, 4.69) is 10.6 Å². The molecule has 160 valence electrons. The molecular weight excluding hydrogens is 409 g/mol. The zero-order valence-corrected chi connectivity index (χ0v) is 17.5. The van der Waals surface area contributed by atoms with Crippen LogP contribution in [0.15, 0.2) is 18.2 Å². The third-order valence-electron chi connectivity index (χ3n) is 6.81. The van der Waals surface area contributed by atoms with Gasteiger partial charge in [-0.25, -0.2) is 4.39 Å². The van der Waals surface area contributed by atoms with Crippen molar-refractivity contribution in [2.75, 3.05) is 30.5 Å². The minimum Gasteiger partial charge on any atom is -0.376 e. The number of carbonyl (C=O) groups is 3. The highest BCUT2D eigenvalue weighted by Gasteiger charge is 2.70. The molecule has 3 amide bonds. The summed E-state index contributed by atoms with van der Waals surface area (Å²) in [4.78, 5) is 41.4. The summed E-state index contributed by atoms with van der Waals surface area (Å²) in [6, 6.07) is 3.75. The Bertz CT molecular complexity index is 922. The van der Waals surface area contributed by atoms with Crippen LogP contribution in [0.1, 0.15) is 24.8 Å². The van der Waals surface area contributed by atoms with E-state index in [1.807, 2.05) is 6.26 Å². The van der Waals surface area contributed by atoms with E-state index in [9.17, 15) is 18.8 Å². The Labute approximate surface area is 178 Å². The largest absolute Gasteiger partial charge is 0.376 e. The lowest BCUT2D eigenvalue weighted by atomic mass is 9.76. The van der Waals surface area contributed by atoms with Gasteiger partial charge >= 0.3 is 0 Å². The van der Waals surface area contributed by atoms with Crippen molar-refractivity contribution in [2.45, 2.75) is 36.9 Å². The van der Waals surface area contributed by atoms with Crippen LogP contribution in [-0.4, -0.2) is 59.9 Å². The van der Waals surface area contributed by atoms with Crippen molar-refractivity contribution in [3.8, 4) is 0 Å². The van der Waals surface area contributed by atoms with Gasteiger partial charge in [-0.1, -0.05) is 0 Å². The van der Waals surface area contributed by atoms with E-state index in [0.717, 1.165) is 18.6 Å². The fourth-order valence-corrected chi connectivity index (χ4v) is 5.99. The van der Waals surface area contributed by atoms with Gasteiger partial charge in [0.05, 0.1) is 24.5 Å². The number of hydrogen-bond donors (Lipinski definition) is 2. The summed E-state index contributed by atoms with van der Waals surface area (Å²) in [5, 5.41) is 6.11.